The van der Waals surface area contributed by atoms with Crippen LogP contribution in [0.2, 0.25) is 0 Å². The van der Waals surface area contributed by atoms with Gasteiger partial charge in [-0.05, 0) is 23.1 Å². The summed E-state index contributed by atoms with van der Waals surface area (Å²) in [5.41, 5.74) is 3.64. The predicted molar refractivity (Wildman–Crippen MR) is 78.3 cm³/mol. The van der Waals surface area contributed by atoms with Crippen LogP contribution in [0.1, 0.15) is 26.3 Å². The summed E-state index contributed by atoms with van der Waals surface area (Å²) in [5.74, 6) is 6.20. The van der Waals surface area contributed by atoms with Crippen LogP contribution < -0.4 is 5.84 Å². The van der Waals surface area contributed by atoms with Crippen LogP contribution in [0, 0.1) is 0 Å². The van der Waals surface area contributed by atoms with Gasteiger partial charge in [0, 0.05) is 10.8 Å². The molecule has 0 spiro atoms. The molecule has 0 atom stereocenters. The van der Waals surface area contributed by atoms with Crippen molar-refractivity contribution in [2.45, 2.75) is 26.2 Å². The Hall–Kier alpha value is -1.96. The standard InChI is InChI=1S/C16H18N2/c1-16(2,3)11-8-9-13-12-6-4-5-7-14(12)18(17)15(13)10-11/h4-10H,17H2,1-3H3. The first-order valence-corrected chi connectivity index (χ1v) is 6.27. The van der Waals surface area contributed by atoms with Crippen LogP contribution in [0.3, 0.4) is 0 Å². The van der Waals surface area contributed by atoms with E-state index in [4.69, 9.17) is 5.84 Å². The van der Waals surface area contributed by atoms with Crippen molar-refractivity contribution < 1.29 is 0 Å². The fraction of sp³-hybridized carbons (Fsp3) is 0.250. The van der Waals surface area contributed by atoms with E-state index in [0.29, 0.717) is 0 Å². The van der Waals surface area contributed by atoms with E-state index in [1.54, 1.807) is 4.68 Å². The summed E-state index contributed by atoms with van der Waals surface area (Å²) in [6.07, 6.45) is 0. The van der Waals surface area contributed by atoms with E-state index < -0.39 is 0 Å². The van der Waals surface area contributed by atoms with E-state index in [-0.39, 0.29) is 5.41 Å². The highest BCUT2D eigenvalue weighted by Gasteiger charge is 2.16. The minimum Gasteiger partial charge on any atom is -0.339 e. The molecule has 3 rings (SSSR count). The quantitative estimate of drug-likeness (QED) is 0.593. The number of aromatic nitrogens is 1. The molecule has 0 aliphatic rings. The molecule has 0 saturated carbocycles. The molecule has 0 aliphatic heterocycles. The molecule has 1 aromatic heterocycles. The van der Waals surface area contributed by atoms with E-state index in [1.807, 2.05) is 6.07 Å². The molecule has 0 amide bonds. The minimum atomic E-state index is 0.143. The average molecular weight is 238 g/mol. The summed E-state index contributed by atoms with van der Waals surface area (Å²) in [4.78, 5) is 0. The van der Waals surface area contributed by atoms with E-state index in [0.717, 1.165) is 11.0 Å². The first-order chi connectivity index (χ1) is 8.48. The fourth-order valence-electron chi connectivity index (χ4n) is 2.47. The number of hydrogen-bond acceptors (Lipinski definition) is 1. The average Bonchev–Trinajstić information content (AvgIpc) is 2.63. The lowest BCUT2D eigenvalue weighted by atomic mass is 9.86. The van der Waals surface area contributed by atoms with Gasteiger partial charge in [-0.2, -0.15) is 0 Å². The first kappa shape index (κ1) is 11.1. The minimum absolute atomic E-state index is 0.143. The van der Waals surface area contributed by atoms with E-state index >= 15 is 0 Å². The van der Waals surface area contributed by atoms with Gasteiger partial charge in [0.2, 0.25) is 0 Å². The summed E-state index contributed by atoms with van der Waals surface area (Å²) < 4.78 is 1.79. The van der Waals surface area contributed by atoms with E-state index in [9.17, 15) is 0 Å². The van der Waals surface area contributed by atoms with Crippen molar-refractivity contribution >= 4 is 21.8 Å². The molecule has 92 valence electrons. The maximum atomic E-state index is 6.20. The molecule has 0 bridgehead atoms. The SMILES string of the molecule is CC(C)(C)c1ccc2c3ccccc3n(N)c2c1. The third-order valence-electron chi connectivity index (χ3n) is 3.58. The molecule has 0 saturated heterocycles. The lowest BCUT2D eigenvalue weighted by Gasteiger charge is -2.19. The van der Waals surface area contributed by atoms with Crippen molar-refractivity contribution in [3.05, 3.63) is 48.0 Å². The molecule has 2 heteroatoms. The number of nitrogen functional groups attached to an aromatic ring is 1. The van der Waals surface area contributed by atoms with Crippen LogP contribution in [-0.4, -0.2) is 4.68 Å². The predicted octanol–water partition coefficient (Wildman–Crippen LogP) is 3.81. The zero-order valence-electron chi connectivity index (χ0n) is 11.1. The van der Waals surface area contributed by atoms with Crippen molar-refractivity contribution in [2.75, 3.05) is 5.84 Å². The number of rotatable bonds is 0. The summed E-state index contributed by atoms with van der Waals surface area (Å²) in [6, 6.07) is 14.9. The lowest BCUT2D eigenvalue weighted by Crippen LogP contribution is -2.12. The summed E-state index contributed by atoms with van der Waals surface area (Å²) >= 11 is 0. The Bertz CT molecular complexity index is 730. The van der Waals surface area contributed by atoms with Crippen molar-refractivity contribution in [3.8, 4) is 0 Å². The molecule has 2 aromatic carbocycles. The van der Waals surface area contributed by atoms with Crippen LogP contribution in [0.4, 0.5) is 0 Å². The van der Waals surface area contributed by atoms with Crippen LogP contribution in [0.25, 0.3) is 21.8 Å². The molecule has 1 heterocycles. The van der Waals surface area contributed by atoms with Crippen molar-refractivity contribution in [1.29, 1.82) is 0 Å². The highest BCUT2D eigenvalue weighted by Crippen LogP contribution is 2.31. The van der Waals surface area contributed by atoms with Gasteiger partial charge >= 0.3 is 0 Å². The number of nitrogens with zero attached hydrogens (tertiary/aromatic N) is 1. The van der Waals surface area contributed by atoms with Gasteiger partial charge in [0.15, 0.2) is 0 Å². The number of benzene rings is 2. The van der Waals surface area contributed by atoms with Gasteiger partial charge in [0.25, 0.3) is 0 Å². The molecular weight excluding hydrogens is 220 g/mol. The number of nitrogens with two attached hydrogens (primary N) is 1. The molecule has 18 heavy (non-hydrogen) atoms. The number of hydrogen-bond donors (Lipinski definition) is 1. The van der Waals surface area contributed by atoms with Gasteiger partial charge in [0.05, 0.1) is 11.0 Å². The molecule has 2 N–H and O–H groups in total. The summed E-state index contributed by atoms with van der Waals surface area (Å²) in [7, 11) is 0. The second-order valence-electron chi connectivity index (χ2n) is 5.87. The Kier molecular flexibility index (Phi) is 2.18. The third-order valence-corrected chi connectivity index (χ3v) is 3.58. The second kappa shape index (κ2) is 3.52. The van der Waals surface area contributed by atoms with Crippen molar-refractivity contribution in [2.24, 2.45) is 0 Å². The van der Waals surface area contributed by atoms with Gasteiger partial charge < -0.3 is 5.84 Å². The largest absolute Gasteiger partial charge is 0.339 e. The molecule has 0 radical (unpaired) electrons. The molecule has 0 aliphatic carbocycles. The highest BCUT2D eigenvalue weighted by molar-refractivity contribution is 6.08. The topological polar surface area (TPSA) is 30.9 Å². The highest BCUT2D eigenvalue weighted by atomic mass is 15.3. The number of fused-ring (bicyclic) bond motifs is 3. The zero-order chi connectivity index (χ0) is 12.9. The molecule has 0 fully saturated rings. The maximum absolute atomic E-state index is 6.20. The smallest absolute Gasteiger partial charge is 0.0706 e. The normalized spacial score (nSPS) is 12.4. The van der Waals surface area contributed by atoms with E-state index in [2.05, 4.69) is 57.2 Å². The van der Waals surface area contributed by atoms with Gasteiger partial charge in [-0.1, -0.05) is 51.1 Å². The number of para-hydroxylation sites is 1. The zero-order valence-corrected chi connectivity index (χ0v) is 11.1. The second-order valence-corrected chi connectivity index (χ2v) is 5.87. The van der Waals surface area contributed by atoms with Crippen LogP contribution in [-0.2, 0) is 5.41 Å². The first-order valence-electron chi connectivity index (χ1n) is 6.27. The fourth-order valence-corrected chi connectivity index (χ4v) is 2.47. The maximum Gasteiger partial charge on any atom is 0.0706 e. The van der Waals surface area contributed by atoms with Crippen LogP contribution in [0.15, 0.2) is 42.5 Å². The van der Waals surface area contributed by atoms with Crippen LogP contribution in [0.5, 0.6) is 0 Å². The lowest BCUT2D eigenvalue weighted by molar-refractivity contribution is 0.591. The molecule has 0 unspecified atom stereocenters. The van der Waals surface area contributed by atoms with E-state index in [1.165, 1.54) is 16.3 Å². The Balaban J connectivity index is 2.42. The van der Waals surface area contributed by atoms with Gasteiger partial charge in [-0.25, -0.2) is 0 Å². The molecule has 2 nitrogen and oxygen atoms in total. The Labute approximate surface area is 107 Å². The van der Waals surface area contributed by atoms with Crippen LogP contribution >= 0.6 is 0 Å². The summed E-state index contributed by atoms with van der Waals surface area (Å²) in [5, 5.41) is 2.44. The Morgan fingerprint density at radius 1 is 0.889 bits per heavy atom. The van der Waals surface area contributed by atoms with Gasteiger partial charge in [-0.3, -0.25) is 4.68 Å². The summed E-state index contributed by atoms with van der Waals surface area (Å²) in [6.45, 7) is 6.66. The van der Waals surface area contributed by atoms with Gasteiger partial charge in [0.1, 0.15) is 0 Å². The van der Waals surface area contributed by atoms with Crippen molar-refractivity contribution in [1.82, 2.24) is 4.68 Å². The van der Waals surface area contributed by atoms with Gasteiger partial charge in [-0.15, -0.1) is 0 Å². The third kappa shape index (κ3) is 1.49. The van der Waals surface area contributed by atoms with Crippen molar-refractivity contribution in [3.63, 3.8) is 0 Å². The Morgan fingerprint density at radius 3 is 2.28 bits per heavy atom. The Morgan fingerprint density at radius 2 is 1.56 bits per heavy atom. The molecular formula is C16H18N2. The molecule has 3 aromatic rings. The monoisotopic (exact) mass is 238 g/mol.